The van der Waals surface area contributed by atoms with Crippen molar-refractivity contribution in [1.29, 1.82) is 5.26 Å². The molecule has 0 aliphatic carbocycles. The summed E-state index contributed by atoms with van der Waals surface area (Å²) >= 11 is 0. The Morgan fingerprint density at radius 2 is 2.00 bits per heavy atom. The molecule has 0 radical (unpaired) electrons. The summed E-state index contributed by atoms with van der Waals surface area (Å²) in [5, 5.41) is 8.90. The summed E-state index contributed by atoms with van der Waals surface area (Å²) < 4.78 is 42.6. The second-order valence-electron chi connectivity index (χ2n) is 3.69. The van der Waals surface area contributed by atoms with Crippen LogP contribution in [0.3, 0.4) is 0 Å². The number of nitrogens with two attached hydrogens (primary N) is 1. The Labute approximate surface area is 111 Å². The zero-order valence-corrected chi connectivity index (χ0v) is 9.85. The maximum absolute atomic E-state index is 12.5. The van der Waals surface area contributed by atoms with E-state index in [1.54, 1.807) is 0 Å². The number of hydrogen-bond acceptors (Lipinski definition) is 5. The number of nitrogens with zero attached hydrogens (tertiary/aromatic N) is 3. The topological polar surface area (TPSA) is 84.8 Å². The molecule has 0 atom stereocenters. The molecule has 2 N–H and O–H groups in total. The molecule has 0 amide bonds. The molecule has 20 heavy (non-hydrogen) atoms. The smallest absolute Gasteiger partial charge is 0.423 e. The highest BCUT2D eigenvalue weighted by atomic mass is 19.4. The van der Waals surface area contributed by atoms with Crippen LogP contribution in [-0.4, -0.2) is 9.97 Å². The number of aromatic nitrogens is 2. The highest BCUT2D eigenvalue weighted by Gasteiger charge is 2.33. The van der Waals surface area contributed by atoms with Crippen molar-refractivity contribution in [3.63, 3.8) is 0 Å². The molecule has 0 spiro atoms. The second-order valence-corrected chi connectivity index (χ2v) is 3.69. The first kappa shape index (κ1) is 13.6. The van der Waals surface area contributed by atoms with Crippen LogP contribution in [0.2, 0.25) is 0 Å². The van der Waals surface area contributed by atoms with Crippen LogP contribution >= 0.6 is 0 Å². The molecule has 2 aromatic rings. The predicted octanol–water partition coefficient (Wildman–Crippen LogP) is 2.74. The van der Waals surface area contributed by atoms with Gasteiger partial charge in [-0.2, -0.15) is 23.4 Å². The largest absolute Gasteiger partial charge is 0.433 e. The number of benzene rings is 1. The second kappa shape index (κ2) is 5.05. The van der Waals surface area contributed by atoms with Crippen molar-refractivity contribution in [3.8, 4) is 17.8 Å². The highest BCUT2D eigenvalue weighted by Crippen LogP contribution is 2.29. The van der Waals surface area contributed by atoms with Gasteiger partial charge in [0.05, 0.1) is 5.56 Å². The van der Waals surface area contributed by atoms with E-state index in [-0.39, 0.29) is 11.3 Å². The summed E-state index contributed by atoms with van der Waals surface area (Å²) in [6.45, 7) is 0. The maximum atomic E-state index is 12.5. The summed E-state index contributed by atoms with van der Waals surface area (Å²) in [5.74, 6) is 0.0287. The first-order chi connectivity index (χ1) is 9.40. The van der Waals surface area contributed by atoms with Crippen LogP contribution < -0.4 is 10.5 Å². The number of anilines is 1. The maximum Gasteiger partial charge on any atom is 0.433 e. The van der Waals surface area contributed by atoms with Crippen molar-refractivity contribution in [3.05, 3.63) is 41.7 Å². The van der Waals surface area contributed by atoms with Crippen LogP contribution in [0.4, 0.5) is 18.9 Å². The van der Waals surface area contributed by atoms with Gasteiger partial charge in [-0.15, -0.1) is 0 Å². The Balaban J connectivity index is 2.34. The van der Waals surface area contributed by atoms with Crippen molar-refractivity contribution < 1.29 is 17.9 Å². The molecule has 0 saturated carbocycles. The number of halogens is 3. The Hall–Kier alpha value is -2.82. The zero-order chi connectivity index (χ0) is 14.8. The fourth-order valence-corrected chi connectivity index (χ4v) is 1.37. The first-order valence-electron chi connectivity index (χ1n) is 5.28. The van der Waals surface area contributed by atoms with Crippen LogP contribution in [-0.2, 0) is 6.18 Å². The molecule has 1 aromatic heterocycles. The summed E-state index contributed by atoms with van der Waals surface area (Å²) in [6, 6.07) is 6.19. The van der Waals surface area contributed by atoms with Gasteiger partial charge in [-0.1, -0.05) is 0 Å². The van der Waals surface area contributed by atoms with Gasteiger partial charge in [0.1, 0.15) is 11.8 Å². The summed E-state index contributed by atoms with van der Waals surface area (Å²) in [5.41, 5.74) is 4.77. The van der Waals surface area contributed by atoms with E-state index in [4.69, 9.17) is 15.7 Å². The van der Waals surface area contributed by atoms with Gasteiger partial charge in [-0.3, -0.25) is 0 Å². The minimum absolute atomic E-state index is 0.0287. The predicted molar refractivity (Wildman–Crippen MR) is 62.7 cm³/mol. The van der Waals surface area contributed by atoms with Crippen LogP contribution in [0.5, 0.6) is 11.8 Å². The van der Waals surface area contributed by atoms with Gasteiger partial charge in [0, 0.05) is 11.9 Å². The SMILES string of the molecule is N#Cc1cc(N)ccc1Oc1nccc(C(F)(F)F)n1. The van der Waals surface area contributed by atoms with Gasteiger partial charge in [0.25, 0.3) is 0 Å². The molecule has 0 aliphatic rings. The molecular formula is C12H7F3N4O. The highest BCUT2D eigenvalue weighted by molar-refractivity contribution is 5.53. The molecule has 2 rings (SSSR count). The quantitative estimate of drug-likeness (QED) is 0.855. The molecule has 1 heterocycles. The minimum Gasteiger partial charge on any atom is -0.423 e. The molecule has 0 fully saturated rings. The molecule has 0 bridgehead atoms. The zero-order valence-electron chi connectivity index (χ0n) is 9.85. The molecule has 0 unspecified atom stereocenters. The van der Waals surface area contributed by atoms with Gasteiger partial charge < -0.3 is 10.5 Å². The van der Waals surface area contributed by atoms with E-state index in [2.05, 4.69) is 9.97 Å². The first-order valence-corrected chi connectivity index (χ1v) is 5.28. The fourth-order valence-electron chi connectivity index (χ4n) is 1.37. The van der Waals surface area contributed by atoms with Gasteiger partial charge in [0.15, 0.2) is 5.69 Å². The van der Waals surface area contributed by atoms with Crippen molar-refractivity contribution in [2.24, 2.45) is 0 Å². The molecule has 0 saturated heterocycles. The van der Waals surface area contributed by atoms with Gasteiger partial charge in [0.2, 0.25) is 0 Å². The van der Waals surface area contributed by atoms with Crippen LogP contribution in [0.15, 0.2) is 30.5 Å². The normalized spacial score (nSPS) is 10.9. The van der Waals surface area contributed by atoms with Crippen molar-refractivity contribution in [1.82, 2.24) is 9.97 Å². The van der Waals surface area contributed by atoms with Crippen LogP contribution in [0.25, 0.3) is 0 Å². The van der Waals surface area contributed by atoms with E-state index in [9.17, 15) is 13.2 Å². The fraction of sp³-hybridized carbons (Fsp3) is 0.0833. The lowest BCUT2D eigenvalue weighted by Gasteiger charge is -2.08. The average Bonchev–Trinajstić information content (AvgIpc) is 2.40. The van der Waals surface area contributed by atoms with E-state index >= 15 is 0 Å². The number of nitriles is 1. The van der Waals surface area contributed by atoms with Gasteiger partial charge in [-0.05, 0) is 24.3 Å². The number of rotatable bonds is 2. The van der Waals surface area contributed by atoms with E-state index in [1.165, 1.54) is 18.2 Å². The summed E-state index contributed by atoms with van der Waals surface area (Å²) in [4.78, 5) is 6.81. The number of ether oxygens (including phenoxy) is 1. The molecule has 102 valence electrons. The third-order valence-corrected chi connectivity index (χ3v) is 2.25. The summed E-state index contributed by atoms with van der Waals surface area (Å²) in [7, 11) is 0. The van der Waals surface area contributed by atoms with Gasteiger partial charge in [-0.25, -0.2) is 4.98 Å². The number of hydrogen-bond donors (Lipinski definition) is 1. The third kappa shape index (κ3) is 2.95. The van der Waals surface area contributed by atoms with Crippen LogP contribution in [0.1, 0.15) is 11.3 Å². The van der Waals surface area contributed by atoms with Crippen molar-refractivity contribution in [2.75, 3.05) is 5.73 Å². The average molecular weight is 280 g/mol. The van der Waals surface area contributed by atoms with E-state index < -0.39 is 17.9 Å². The molecular weight excluding hydrogens is 273 g/mol. The van der Waals surface area contributed by atoms with Gasteiger partial charge >= 0.3 is 12.2 Å². The summed E-state index contributed by atoms with van der Waals surface area (Å²) in [6.07, 6.45) is -3.67. The Morgan fingerprint density at radius 1 is 1.25 bits per heavy atom. The Morgan fingerprint density at radius 3 is 2.65 bits per heavy atom. The van der Waals surface area contributed by atoms with E-state index in [1.807, 2.05) is 6.07 Å². The molecule has 0 aliphatic heterocycles. The number of nitrogen functional groups attached to an aromatic ring is 1. The standard InChI is InChI=1S/C12H7F3N4O/c13-12(14,15)10-3-4-18-11(19-10)20-9-2-1-8(17)5-7(9)6-16/h1-5H,17H2. The molecule has 8 heteroatoms. The third-order valence-electron chi connectivity index (χ3n) is 2.25. The van der Waals surface area contributed by atoms with E-state index in [0.717, 1.165) is 12.3 Å². The lowest BCUT2D eigenvalue weighted by Crippen LogP contribution is -2.09. The van der Waals surface area contributed by atoms with Crippen molar-refractivity contribution in [2.45, 2.75) is 6.18 Å². The van der Waals surface area contributed by atoms with Crippen molar-refractivity contribution >= 4 is 5.69 Å². The molecule has 1 aromatic carbocycles. The lowest BCUT2D eigenvalue weighted by atomic mass is 10.2. The Kier molecular flexibility index (Phi) is 3.43. The lowest BCUT2D eigenvalue weighted by molar-refractivity contribution is -0.141. The minimum atomic E-state index is -4.60. The van der Waals surface area contributed by atoms with Crippen LogP contribution in [0, 0.1) is 11.3 Å². The molecule has 5 nitrogen and oxygen atoms in total. The Bertz CT molecular complexity index is 679. The number of alkyl halides is 3. The monoisotopic (exact) mass is 280 g/mol. The van der Waals surface area contributed by atoms with E-state index in [0.29, 0.717) is 5.69 Å².